The van der Waals surface area contributed by atoms with Crippen molar-refractivity contribution in [2.75, 3.05) is 6.61 Å². The van der Waals surface area contributed by atoms with Crippen molar-refractivity contribution in [1.29, 1.82) is 0 Å². The summed E-state index contributed by atoms with van der Waals surface area (Å²) in [5.41, 5.74) is 2.58. The molecule has 0 aliphatic rings. The number of carbonyl (C=O) groups excluding carboxylic acids is 2. The molecule has 0 saturated carbocycles. The lowest BCUT2D eigenvalue weighted by molar-refractivity contribution is 0.0525. The van der Waals surface area contributed by atoms with E-state index in [0.29, 0.717) is 33.4 Å². The number of Topliss-reactive ketones (excluding diaryl/α,β-unsaturated/α-hetero) is 1. The fourth-order valence-electron chi connectivity index (χ4n) is 2.93. The molecule has 0 bridgehead atoms. The van der Waals surface area contributed by atoms with Crippen LogP contribution in [0.1, 0.15) is 46.0 Å². The van der Waals surface area contributed by atoms with Crippen LogP contribution in [0.5, 0.6) is 5.75 Å². The summed E-state index contributed by atoms with van der Waals surface area (Å²) in [5.74, 6) is -0.490. The van der Waals surface area contributed by atoms with Gasteiger partial charge in [0.1, 0.15) is 5.75 Å². The summed E-state index contributed by atoms with van der Waals surface area (Å²) in [7, 11) is 0. The summed E-state index contributed by atoms with van der Waals surface area (Å²) in [6.45, 7) is 7.21. The molecule has 0 aliphatic heterocycles. The first-order chi connectivity index (χ1) is 13.8. The van der Waals surface area contributed by atoms with Crippen molar-refractivity contribution in [2.24, 2.45) is 0 Å². The number of hydrogen-bond donors (Lipinski definition) is 2. The average Bonchev–Trinajstić information content (AvgIpc) is 3.26. The number of rotatable bonds is 7. The summed E-state index contributed by atoms with van der Waals surface area (Å²) in [6, 6.07) is 6.41. The van der Waals surface area contributed by atoms with Crippen LogP contribution in [0.4, 0.5) is 0 Å². The molecule has 1 aromatic carbocycles. The van der Waals surface area contributed by atoms with Crippen LogP contribution in [-0.4, -0.2) is 53.9 Å². The Labute approximate surface area is 171 Å². The van der Waals surface area contributed by atoms with Crippen LogP contribution in [-0.2, 0) is 4.74 Å². The van der Waals surface area contributed by atoms with Crippen molar-refractivity contribution in [3.05, 3.63) is 46.8 Å². The molecular weight excluding hydrogens is 394 g/mol. The topological polar surface area (TPSA) is 123 Å². The minimum absolute atomic E-state index is 0.134. The summed E-state index contributed by atoms with van der Waals surface area (Å²) in [5, 5.41) is 21.0. The van der Waals surface area contributed by atoms with E-state index < -0.39 is 11.2 Å². The number of H-pyrrole nitrogens is 1. The molecule has 0 radical (unpaired) electrons. The maximum Gasteiger partial charge on any atom is 0.340 e. The van der Waals surface area contributed by atoms with Crippen LogP contribution in [0.2, 0.25) is 0 Å². The van der Waals surface area contributed by atoms with Crippen molar-refractivity contribution in [3.8, 4) is 11.4 Å². The van der Waals surface area contributed by atoms with Gasteiger partial charge in [-0.1, -0.05) is 11.8 Å². The number of tetrazole rings is 1. The second-order valence-corrected chi connectivity index (χ2v) is 7.67. The highest BCUT2D eigenvalue weighted by atomic mass is 32.2. The number of ketones is 1. The molecule has 152 valence electrons. The Bertz CT molecular complexity index is 1040. The molecule has 0 saturated heterocycles. The third-order valence-electron chi connectivity index (χ3n) is 4.35. The van der Waals surface area contributed by atoms with Crippen molar-refractivity contribution in [3.63, 3.8) is 0 Å². The summed E-state index contributed by atoms with van der Waals surface area (Å²) < 4.78 is 6.57. The maximum atomic E-state index is 13.0. The molecule has 0 unspecified atom stereocenters. The van der Waals surface area contributed by atoms with Gasteiger partial charge in [-0.25, -0.2) is 4.79 Å². The Balaban J connectivity index is 1.83. The molecule has 2 N–H and O–H groups in total. The largest absolute Gasteiger partial charge is 0.508 e. The van der Waals surface area contributed by atoms with Crippen LogP contribution >= 0.6 is 11.8 Å². The standard InChI is InChI=1S/C19H21N5O4S/c1-5-28-18(27)15-10(2)16(20-11(15)3)17(26)12(4)29-19-21-22-23-24(19)13-6-8-14(25)9-7-13/h6-9,12,20,25H,5H2,1-4H3/t12-/m1/s1. The van der Waals surface area contributed by atoms with Gasteiger partial charge in [0.2, 0.25) is 5.16 Å². The SMILES string of the molecule is CCOC(=O)c1c(C)[nH]c(C(=O)[C@@H](C)Sc2nnnn2-c2ccc(O)cc2)c1C. The van der Waals surface area contributed by atoms with Gasteiger partial charge in [-0.15, -0.1) is 5.10 Å². The van der Waals surface area contributed by atoms with Gasteiger partial charge in [-0.3, -0.25) is 4.79 Å². The van der Waals surface area contributed by atoms with Crippen molar-refractivity contribution in [1.82, 2.24) is 25.2 Å². The molecule has 0 fully saturated rings. The van der Waals surface area contributed by atoms with Gasteiger partial charge < -0.3 is 14.8 Å². The number of benzene rings is 1. The van der Waals surface area contributed by atoms with Gasteiger partial charge in [0.25, 0.3) is 0 Å². The van der Waals surface area contributed by atoms with Crippen LogP contribution in [0.25, 0.3) is 5.69 Å². The average molecular weight is 415 g/mol. The number of nitrogens with zero attached hydrogens (tertiary/aromatic N) is 4. The fraction of sp³-hybridized carbons (Fsp3) is 0.316. The second kappa shape index (κ2) is 8.48. The highest BCUT2D eigenvalue weighted by Gasteiger charge is 2.27. The number of ether oxygens (including phenoxy) is 1. The second-order valence-electron chi connectivity index (χ2n) is 6.36. The zero-order valence-electron chi connectivity index (χ0n) is 16.5. The lowest BCUT2D eigenvalue weighted by atomic mass is 10.1. The van der Waals surface area contributed by atoms with Crippen molar-refractivity contribution in [2.45, 2.75) is 38.1 Å². The number of phenolic OH excluding ortho intramolecular Hbond substituents is 1. The third-order valence-corrected chi connectivity index (χ3v) is 5.38. The number of nitrogens with one attached hydrogen (secondary N) is 1. The predicted molar refractivity (Wildman–Crippen MR) is 107 cm³/mol. The zero-order chi connectivity index (χ0) is 21.1. The van der Waals surface area contributed by atoms with Crippen LogP contribution in [0.3, 0.4) is 0 Å². The molecule has 10 heteroatoms. The molecule has 2 aromatic heterocycles. The van der Waals surface area contributed by atoms with Crippen LogP contribution in [0, 0.1) is 13.8 Å². The Morgan fingerprint density at radius 2 is 1.97 bits per heavy atom. The Kier molecular flexibility index (Phi) is 6.02. The molecule has 0 amide bonds. The Hall–Kier alpha value is -3.14. The molecule has 3 aromatic rings. The number of aromatic nitrogens is 5. The van der Waals surface area contributed by atoms with E-state index in [9.17, 15) is 14.7 Å². The van der Waals surface area contributed by atoms with Gasteiger partial charge in [-0.2, -0.15) is 4.68 Å². The van der Waals surface area contributed by atoms with Gasteiger partial charge in [0, 0.05) is 5.69 Å². The number of hydrogen-bond acceptors (Lipinski definition) is 8. The minimum atomic E-state index is -0.510. The highest BCUT2D eigenvalue weighted by Crippen LogP contribution is 2.28. The van der Waals surface area contributed by atoms with Crippen molar-refractivity contribution >= 4 is 23.5 Å². The molecule has 0 aliphatic carbocycles. The smallest absolute Gasteiger partial charge is 0.340 e. The van der Waals surface area contributed by atoms with Gasteiger partial charge >= 0.3 is 5.97 Å². The summed E-state index contributed by atoms with van der Waals surface area (Å²) in [6.07, 6.45) is 0. The van der Waals surface area contributed by atoms with Gasteiger partial charge in [-0.05, 0) is 68.0 Å². The lowest BCUT2D eigenvalue weighted by Crippen LogP contribution is -2.16. The lowest BCUT2D eigenvalue weighted by Gasteiger charge is -2.10. The minimum Gasteiger partial charge on any atom is -0.508 e. The molecule has 0 spiro atoms. The number of esters is 1. The molecule has 1 atom stereocenters. The molecule has 9 nitrogen and oxygen atoms in total. The Morgan fingerprint density at radius 3 is 2.62 bits per heavy atom. The number of carbonyl (C=O) groups is 2. The number of phenols is 1. The first kappa shape index (κ1) is 20.6. The van der Waals surface area contributed by atoms with E-state index in [-0.39, 0.29) is 18.1 Å². The van der Waals surface area contributed by atoms with E-state index in [1.165, 1.54) is 28.6 Å². The summed E-state index contributed by atoms with van der Waals surface area (Å²) >= 11 is 1.20. The Morgan fingerprint density at radius 1 is 1.28 bits per heavy atom. The highest BCUT2D eigenvalue weighted by molar-refractivity contribution is 8.00. The van der Waals surface area contributed by atoms with Gasteiger partial charge in [0.15, 0.2) is 5.78 Å². The van der Waals surface area contributed by atoms with Crippen molar-refractivity contribution < 1.29 is 19.4 Å². The van der Waals surface area contributed by atoms with Gasteiger partial charge in [0.05, 0.1) is 28.8 Å². The molecule has 3 rings (SSSR count). The third kappa shape index (κ3) is 4.16. The first-order valence-corrected chi connectivity index (χ1v) is 9.86. The zero-order valence-corrected chi connectivity index (χ0v) is 17.3. The van der Waals surface area contributed by atoms with E-state index in [2.05, 4.69) is 20.5 Å². The van der Waals surface area contributed by atoms with E-state index in [1.54, 1.807) is 39.8 Å². The summed E-state index contributed by atoms with van der Waals surface area (Å²) in [4.78, 5) is 28.2. The normalized spacial score (nSPS) is 12.0. The number of thioether (sulfide) groups is 1. The number of aromatic hydroxyl groups is 1. The monoisotopic (exact) mass is 415 g/mol. The maximum absolute atomic E-state index is 13.0. The number of aryl methyl sites for hydroxylation is 1. The first-order valence-electron chi connectivity index (χ1n) is 8.98. The van der Waals surface area contributed by atoms with E-state index in [1.807, 2.05) is 0 Å². The van der Waals surface area contributed by atoms with Crippen LogP contribution in [0.15, 0.2) is 29.4 Å². The quantitative estimate of drug-likeness (QED) is 0.343. The fourth-order valence-corrected chi connectivity index (χ4v) is 3.80. The molecule has 2 heterocycles. The molecular formula is C19H21N5O4S. The predicted octanol–water partition coefficient (Wildman–Crippen LogP) is 2.85. The van der Waals surface area contributed by atoms with E-state index in [0.717, 1.165) is 0 Å². The molecule has 29 heavy (non-hydrogen) atoms. The van der Waals surface area contributed by atoms with E-state index >= 15 is 0 Å². The van der Waals surface area contributed by atoms with E-state index in [4.69, 9.17) is 4.74 Å². The number of aromatic amines is 1. The van der Waals surface area contributed by atoms with Crippen LogP contribution < -0.4 is 0 Å².